The largest absolute Gasteiger partial charge is 0.369 e. The van der Waals surface area contributed by atoms with Crippen molar-refractivity contribution in [3.05, 3.63) is 59.9 Å². The Bertz CT molecular complexity index is 1130. The van der Waals surface area contributed by atoms with Crippen LogP contribution in [-0.4, -0.2) is 70.7 Å². The van der Waals surface area contributed by atoms with Crippen molar-refractivity contribution in [2.75, 3.05) is 42.6 Å². The number of aryl methyl sites for hydroxylation is 1. The van der Waals surface area contributed by atoms with Gasteiger partial charge in [0.25, 0.3) is 0 Å². The lowest BCUT2D eigenvalue weighted by atomic mass is 10.1. The Kier molecular flexibility index (Phi) is 5.63. The molecule has 0 aromatic heterocycles. The van der Waals surface area contributed by atoms with Crippen molar-refractivity contribution >= 4 is 25.4 Å². The molecule has 0 unspecified atom stereocenters. The summed E-state index contributed by atoms with van der Waals surface area (Å²) in [4.78, 5) is 4.19. The number of hydrogen-bond donors (Lipinski definition) is 0. The zero-order valence-corrected chi connectivity index (χ0v) is 18.4. The molecular weight excluding hydrogens is 427 g/mol. The van der Waals surface area contributed by atoms with E-state index in [-0.39, 0.29) is 10.6 Å². The van der Waals surface area contributed by atoms with Crippen molar-refractivity contribution in [1.29, 1.82) is 0 Å². The summed E-state index contributed by atoms with van der Waals surface area (Å²) in [6.45, 7) is 4.60. The van der Waals surface area contributed by atoms with Gasteiger partial charge in [0, 0.05) is 37.9 Å². The molecule has 2 aliphatic rings. The standard InChI is InChI=1S/C21H25FN2O4S2/c1-16-3-2-4-18(13-16)23-9-11-24(12-10-23)20-14-29(25,26)15-21(20)30(27,28)19-7-5-17(22)6-8-19/h2-8,13,20-21H,9-12,14-15H2,1H3/t20-,21-/m1/s1. The molecule has 2 aliphatic heterocycles. The number of halogens is 1. The minimum atomic E-state index is -3.90. The van der Waals surface area contributed by atoms with Crippen molar-refractivity contribution in [2.24, 2.45) is 0 Å². The molecule has 0 amide bonds. The van der Waals surface area contributed by atoms with Gasteiger partial charge in [-0.25, -0.2) is 21.2 Å². The molecule has 0 radical (unpaired) electrons. The average Bonchev–Trinajstić information content (AvgIpc) is 3.05. The summed E-state index contributed by atoms with van der Waals surface area (Å²) in [7, 11) is -7.37. The molecule has 2 saturated heterocycles. The summed E-state index contributed by atoms with van der Waals surface area (Å²) in [5, 5.41) is -1.04. The van der Waals surface area contributed by atoms with Gasteiger partial charge in [-0.3, -0.25) is 4.90 Å². The van der Waals surface area contributed by atoms with Crippen LogP contribution in [0.2, 0.25) is 0 Å². The molecular formula is C21H25FN2O4S2. The number of piperazine rings is 1. The summed E-state index contributed by atoms with van der Waals surface area (Å²) < 4.78 is 64.4. The molecule has 0 saturated carbocycles. The van der Waals surface area contributed by atoms with E-state index < -0.39 is 42.5 Å². The number of rotatable bonds is 4. The first-order valence-corrected chi connectivity index (χ1v) is 13.3. The molecule has 0 aliphatic carbocycles. The van der Waals surface area contributed by atoms with E-state index in [9.17, 15) is 21.2 Å². The number of anilines is 1. The van der Waals surface area contributed by atoms with Gasteiger partial charge in [-0.1, -0.05) is 12.1 Å². The topological polar surface area (TPSA) is 74.8 Å². The molecule has 2 aromatic carbocycles. The Labute approximate surface area is 177 Å². The van der Waals surface area contributed by atoms with Crippen LogP contribution in [0.25, 0.3) is 0 Å². The van der Waals surface area contributed by atoms with Gasteiger partial charge in [-0.15, -0.1) is 0 Å². The van der Waals surface area contributed by atoms with Crippen LogP contribution in [0.3, 0.4) is 0 Å². The predicted octanol–water partition coefficient (Wildman–Crippen LogP) is 1.90. The van der Waals surface area contributed by atoms with Crippen LogP contribution in [0.15, 0.2) is 53.4 Å². The Morgan fingerprint density at radius 2 is 1.63 bits per heavy atom. The molecule has 0 bridgehead atoms. The first kappa shape index (κ1) is 21.3. The summed E-state index contributed by atoms with van der Waals surface area (Å²) >= 11 is 0. The van der Waals surface area contributed by atoms with E-state index in [0.29, 0.717) is 26.2 Å². The quantitative estimate of drug-likeness (QED) is 0.660. The van der Waals surface area contributed by atoms with Gasteiger partial charge in [-0.2, -0.15) is 0 Å². The average molecular weight is 453 g/mol. The summed E-state index contributed by atoms with van der Waals surface area (Å²) in [6.07, 6.45) is 0. The molecule has 2 heterocycles. The van der Waals surface area contributed by atoms with Gasteiger partial charge in [-0.05, 0) is 48.9 Å². The monoisotopic (exact) mass is 452 g/mol. The summed E-state index contributed by atoms with van der Waals surface area (Å²) in [6, 6.07) is 12.2. The van der Waals surface area contributed by atoms with E-state index in [1.54, 1.807) is 0 Å². The second-order valence-electron chi connectivity index (χ2n) is 8.04. The molecule has 30 heavy (non-hydrogen) atoms. The van der Waals surface area contributed by atoms with Gasteiger partial charge in [0.05, 0.1) is 21.7 Å². The lowest BCUT2D eigenvalue weighted by Crippen LogP contribution is -2.55. The van der Waals surface area contributed by atoms with Crippen molar-refractivity contribution < 1.29 is 21.2 Å². The molecule has 0 N–H and O–H groups in total. The van der Waals surface area contributed by atoms with Crippen molar-refractivity contribution in [2.45, 2.75) is 23.1 Å². The van der Waals surface area contributed by atoms with Gasteiger partial charge in [0.2, 0.25) is 0 Å². The second-order valence-corrected chi connectivity index (χ2v) is 12.4. The molecule has 2 fully saturated rings. The second kappa shape index (κ2) is 7.94. The highest BCUT2D eigenvalue weighted by Crippen LogP contribution is 2.30. The van der Waals surface area contributed by atoms with E-state index in [1.165, 1.54) is 17.7 Å². The molecule has 9 heteroatoms. The normalized spacial score (nSPS) is 24.8. The fraction of sp³-hybridized carbons (Fsp3) is 0.429. The van der Waals surface area contributed by atoms with E-state index in [0.717, 1.165) is 17.8 Å². The maximum Gasteiger partial charge on any atom is 0.183 e. The molecule has 162 valence electrons. The molecule has 2 atom stereocenters. The zero-order valence-electron chi connectivity index (χ0n) is 16.7. The van der Waals surface area contributed by atoms with Gasteiger partial charge >= 0.3 is 0 Å². The van der Waals surface area contributed by atoms with E-state index in [2.05, 4.69) is 11.0 Å². The number of nitrogens with zero attached hydrogens (tertiary/aromatic N) is 2. The molecule has 2 aromatic rings. The Hall–Kier alpha value is -1.97. The maximum atomic E-state index is 13.2. The zero-order chi connectivity index (χ0) is 21.5. The summed E-state index contributed by atoms with van der Waals surface area (Å²) in [5.74, 6) is -1.09. The SMILES string of the molecule is Cc1cccc(N2CCN([C@@H]3CS(=O)(=O)C[C@H]3S(=O)(=O)c3ccc(F)cc3)CC2)c1. The van der Waals surface area contributed by atoms with Crippen LogP contribution in [-0.2, 0) is 19.7 Å². The predicted molar refractivity (Wildman–Crippen MR) is 115 cm³/mol. The summed E-state index contributed by atoms with van der Waals surface area (Å²) in [5.41, 5.74) is 2.28. The number of sulfone groups is 2. The van der Waals surface area contributed by atoms with Crippen LogP contribution >= 0.6 is 0 Å². The minimum Gasteiger partial charge on any atom is -0.369 e. The number of hydrogen-bond acceptors (Lipinski definition) is 6. The van der Waals surface area contributed by atoms with Crippen LogP contribution in [0, 0.1) is 12.7 Å². The fourth-order valence-corrected chi connectivity index (χ4v) is 9.20. The van der Waals surface area contributed by atoms with E-state index in [4.69, 9.17) is 0 Å². The maximum absolute atomic E-state index is 13.2. The van der Waals surface area contributed by atoms with Gasteiger partial charge in [0.1, 0.15) is 5.82 Å². The Balaban J connectivity index is 1.54. The minimum absolute atomic E-state index is 0.0330. The van der Waals surface area contributed by atoms with E-state index >= 15 is 0 Å². The highest BCUT2D eigenvalue weighted by Gasteiger charge is 2.48. The third-order valence-electron chi connectivity index (χ3n) is 5.96. The third kappa shape index (κ3) is 4.24. The van der Waals surface area contributed by atoms with Crippen molar-refractivity contribution in [3.8, 4) is 0 Å². The fourth-order valence-electron chi connectivity index (χ4n) is 4.37. The lowest BCUT2D eigenvalue weighted by Gasteiger charge is -2.40. The van der Waals surface area contributed by atoms with Crippen molar-refractivity contribution in [3.63, 3.8) is 0 Å². The molecule has 6 nitrogen and oxygen atoms in total. The highest BCUT2D eigenvalue weighted by atomic mass is 32.2. The van der Waals surface area contributed by atoms with Crippen LogP contribution in [0.1, 0.15) is 5.56 Å². The van der Waals surface area contributed by atoms with Crippen molar-refractivity contribution in [1.82, 2.24) is 4.90 Å². The first-order chi connectivity index (χ1) is 14.2. The van der Waals surface area contributed by atoms with E-state index in [1.807, 2.05) is 30.0 Å². The molecule has 4 rings (SSSR count). The smallest absolute Gasteiger partial charge is 0.183 e. The van der Waals surface area contributed by atoms with Gasteiger partial charge < -0.3 is 4.90 Å². The van der Waals surface area contributed by atoms with Crippen LogP contribution < -0.4 is 4.90 Å². The van der Waals surface area contributed by atoms with Gasteiger partial charge in [0.15, 0.2) is 19.7 Å². The molecule has 0 spiro atoms. The highest BCUT2D eigenvalue weighted by molar-refractivity contribution is 7.96. The third-order valence-corrected chi connectivity index (χ3v) is 10.1. The number of benzene rings is 2. The van der Waals surface area contributed by atoms with Crippen LogP contribution in [0.4, 0.5) is 10.1 Å². The lowest BCUT2D eigenvalue weighted by molar-refractivity contribution is 0.201. The first-order valence-electron chi connectivity index (χ1n) is 9.91. The van der Waals surface area contributed by atoms with Crippen LogP contribution in [0.5, 0.6) is 0 Å². The Morgan fingerprint density at radius 1 is 0.967 bits per heavy atom. The Morgan fingerprint density at radius 3 is 2.27 bits per heavy atom.